The summed E-state index contributed by atoms with van der Waals surface area (Å²) in [6.45, 7) is -0.770. The molecule has 1 aromatic carbocycles. The number of aliphatic hydroxyl groups excluding tert-OH is 1. The molecule has 2 aromatic rings. The molecule has 2 rings (SSSR count). The van der Waals surface area contributed by atoms with Crippen molar-refractivity contribution in [3.05, 3.63) is 42.1 Å². The van der Waals surface area contributed by atoms with Gasteiger partial charge in [-0.05, 0) is 17.7 Å². The molecule has 0 aliphatic carbocycles. The Hall–Kier alpha value is -1.48. The van der Waals surface area contributed by atoms with Crippen LogP contribution in [0.5, 0.6) is 0 Å². The third-order valence-corrected chi connectivity index (χ3v) is 2.19. The largest absolute Gasteiger partial charge is 0.386 e. The molecule has 3 heteroatoms. The second kappa shape index (κ2) is 3.72. The Labute approximate surface area is 81.0 Å². The lowest BCUT2D eigenvalue weighted by molar-refractivity contribution is 0.143. The number of nitrogens with zero attached hydrogens (tertiary/aromatic N) is 1. The maximum Gasteiger partial charge on any atom is 0.120 e. The number of benzene rings is 1. The van der Waals surface area contributed by atoms with Crippen molar-refractivity contribution in [3.63, 3.8) is 0 Å². The van der Waals surface area contributed by atoms with E-state index in [-0.39, 0.29) is 0 Å². The van der Waals surface area contributed by atoms with Gasteiger partial charge in [0, 0.05) is 11.6 Å². The lowest BCUT2D eigenvalue weighted by Crippen LogP contribution is -2.00. The van der Waals surface area contributed by atoms with E-state index in [4.69, 9.17) is 0 Å². The highest BCUT2D eigenvalue weighted by Crippen LogP contribution is 2.22. The third kappa shape index (κ3) is 1.46. The van der Waals surface area contributed by atoms with Crippen molar-refractivity contribution in [2.45, 2.75) is 6.10 Å². The Balaban J connectivity index is 2.65. The highest BCUT2D eigenvalue weighted by molar-refractivity contribution is 5.82. The Morgan fingerprint density at radius 3 is 2.86 bits per heavy atom. The zero-order valence-corrected chi connectivity index (χ0v) is 7.52. The molecule has 0 saturated heterocycles. The standard InChI is InChI=1S/C11H10FNO/c12-7-11(14)9-5-6-13-10-4-2-1-3-8(9)10/h1-6,11,14H,7H2. The van der Waals surface area contributed by atoms with E-state index >= 15 is 0 Å². The first kappa shape index (κ1) is 9.09. The maximum absolute atomic E-state index is 12.3. The predicted molar refractivity (Wildman–Crippen MR) is 52.7 cm³/mol. The van der Waals surface area contributed by atoms with Gasteiger partial charge in [0.2, 0.25) is 0 Å². The lowest BCUT2D eigenvalue weighted by atomic mass is 10.1. The molecular weight excluding hydrogens is 181 g/mol. The fourth-order valence-corrected chi connectivity index (χ4v) is 1.49. The second-order valence-electron chi connectivity index (χ2n) is 3.09. The minimum Gasteiger partial charge on any atom is -0.386 e. The van der Waals surface area contributed by atoms with Crippen molar-refractivity contribution < 1.29 is 9.50 Å². The fourth-order valence-electron chi connectivity index (χ4n) is 1.49. The van der Waals surface area contributed by atoms with Crippen LogP contribution in [0.3, 0.4) is 0 Å². The van der Waals surface area contributed by atoms with Gasteiger partial charge in [0.15, 0.2) is 0 Å². The molecule has 0 radical (unpaired) electrons. The van der Waals surface area contributed by atoms with Crippen LogP contribution in [0.4, 0.5) is 4.39 Å². The van der Waals surface area contributed by atoms with Crippen molar-refractivity contribution in [1.82, 2.24) is 4.98 Å². The zero-order chi connectivity index (χ0) is 9.97. The average Bonchev–Trinajstić information content (AvgIpc) is 2.27. The molecule has 2 nitrogen and oxygen atoms in total. The number of rotatable bonds is 2. The molecule has 1 heterocycles. The number of aromatic nitrogens is 1. The van der Waals surface area contributed by atoms with E-state index in [1.54, 1.807) is 12.3 Å². The quantitative estimate of drug-likeness (QED) is 0.789. The van der Waals surface area contributed by atoms with Crippen molar-refractivity contribution in [2.24, 2.45) is 0 Å². The Morgan fingerprint density at radius 2 is 2.07 bits per heavy atom. The Morgan fingerprint density at radius 1 is 1.29 bits per heavy atom. The van der Waals surface area contributed by atoms with Crippen LogP contribution in [0.1, 0.15) is 11.7 Å². The van der Waals surface area contributed by atoms with Gasteiger partial charge in [-0.25, -0.2) is 4.39 Å². The van der Waals surface area contributed by atoms with E-state index in [9.17, 15) is 9.50 Å². The van der Waals surface area contributed by atoms with Crippen LogP contribution in [-0.2, 0) is 0 Å². The molecule has 0 bridgehead atoms. The van der Waals surface area contributed by atoms with Gasteiger partial charge in [0.05, 0.1) is 5.52 Å². The second-order valence-corrected chi connectivity index (χ2v) is 3.09. The number of fused-ring (bicyclic) bond motifs is 1. The van der Waals surface area contributed by atoms with Gasteiger partial charge in [-0.1, -0.05) is 18.2 Å². The van der Waals surface area contributed by atoms with Crippen molar-refractivity contribution >= 4 is 10.9 Å². The van der Waals surface area contributed by atoms with Gasteiger partial charge >= 0.3 is 0 Å². The molecule has 0 amide bonds. The molecule has 0 saturated carbocycles. The van der Waals surface area contributed by atoms with Gasteiger partial charge in [-0.2, -0.15) is 0 Å². The van der Waals surface area contributed by atoms with Gasteiger partial charge in [-0.15, -0.1) is 0 Å². The molecule has 14 heavy (non-hydrogen) atoms. The van der Waals surface area contributed by atoms with E-state index < -0.39 is 12.8 Å². The first-order valence-electron chi connectivity index (χ1n) is 4.40. The molecule has 1 N–H and O–H groups in total. The Kier molecular flexibility index (Phi) is 2.41. The summed E-state index contributed by atoms with van der Waals surface area (Å²) in [4.78, 5) is 4.12. The smallest absolute Gasteiger partial charge is 0.120 e. The minimum atomic E-state index is -1.05. The average molecular weight is 191 g/mol. The van der Waals surface area contributed by atoms with E-state index in [1.165, 1.54) is 0 Å². The monoisotopic (exact) mass is 191 g/mol. The lowest BCUT2D eigenvalue weighted by Gasteiger charge is -2.09. The first-order chi connectivity index (χ1) is 6.83. The number of para-hydroxylation sites is 1. The molecule has 0 spiro atoms. The van der Waals surface area contributed by atoms with E-state index in [2.05, 4.69) is 4.98 Å². The number of hydrogen-bond donors (Lipinski definition) is 1. The van der Waals surface area contributed by atoms with Crippen LogP contribution in [0.15, 0.2) is 36.5 Å². The number of hydrogen-bond acceptors (Lipinski definition) is 2. The normalized spacial score (nSPS) is 13.0. The molecule has 1 aromatic heterocycles. The zero-order valence-electron chi connectivity index (χ0n) is 7.52. The minimum absolute atomic E-state index is 0.595. The molecule has 0 aliphatic rings. The first-order valence-corrected chi connectivity index (χ1v) is 4.40. The van der Waals surface area contributed by atoms with Crippen LogP contribution < -0.4 is 0 Å². The van der Waals surface area contributed by atoms with E-state index in [1.807, 2.05) is 24.3 Å². The maximum atomic E-state index is 12.3. The predicted octanol–water partition coefficient (Wildman–Crippen LogP) is 2.24. The van der Waals surface area contributed by atoms with Crippen LogP contribution in [0.2, 0.25) is 0 Å². The van der Waals surface area contributed by atoms with Crippen molar-refractivity contribution in [1.29, 1.82) is 0 Å². The Bertz CT molecular complexity index is 439. The SMILES string of the molecule is OC(CF)c1ccnc2ccccc12. The van der Waals surface area contributed by atoms with Crippen LogP contribution >= 0.6 is 0 Å². The van der Waals surface area contributed by atoms with Crippen LogP contribution in [0, 0.1) is 0 Å². The molecule has 0 aliphatic heterocycles. The van der Waals surface area contributed by atoms with Gasteiger partial charge in [-0.3, -0.25) is 4.98 Å². The summed E-state index contributed by atoms with van der Waals surface area (Å²) in [5.41, 5.74) is 1.37. The summed E-state index contributed by atoms with van der Waals surface area (Å²) in [6, 6.07) is 9.02. The summed E-state index contributed by atoms with van der Waals surface area (Å²) >= 11 is 0. The summed E-state index contributed by atoms with van der Waals surface area (Å²) in [6.07, 6.45) is 0.527. The molecule has 0 fully saturated rings. The van der Waals surface area contributed by atoms with Crippen molar-refractivity contribution in [3.8, 4) is 0 Å². The number of aliphatic hydroxyl groups is 1. The van der Waals surface area contributed by atoms with Gasteiger partial charge < -0.3 is 5.11 Å². The number of pyridine rings is 1. The van der Waals surface area contributed by atoms with E-state index in [0.717, 1.165) is 10.9 Å². The topological polar surface area (TPSA) is 33.1 Å². The van der Waals surface area contributed by atoms with Crippen molar-refractivity contribution in [2.75, 3.05) is 6.67 Å². The summed E-state index contributed by atoms with van der Waals surface area (Å²) in [7, 11) is 0. The van der Waals surface area contributed by atoms with Crippen LogP contribution in [-0.4, -0.2) is 16.8 Å². The summed E-state index contributed by atoms with van der Waals surface area (Å²) in [5, 5.41) is 10.2. The number of halogens is 1. The van der Waals surface area contributed by atoms with E-state index in [0.29, 0.717) is 5.56 Å². The fraction of sp³-hybridized carbons (Fsp3) is 0.182. The number of alkyl halides is 1. The van der Waals surface area contributed by atoms with Gasteiger partial charge in [0.25, 0.3) is 0 Å². The molecular formula is C11H10FNO. The molecule has 1 unspecified atom stereocenters. The van der Waals surface area contributed by atoms with Crippen LogP contribution in [0.25, 0.3) is 10.9 Å². The highest BCUT2D eigenvalue weighted by Gasteiger charge is 2.10. The van der Waals surface area contributed by atoms with Gasteiger partial charge in [0.1, 0.15) is 12.8 Å². The highest BCUT2D eigenvalue weighted by atomic mass is 19.1. The third-order valence-electron chi connectivity index (χ3n) is 2.19. The summed E-state index contributed by atoms with van der Waals surface area (Å²) < 4.78 is 12.3. The summed E-state index contributed by atoms with van der Waals surface area (Å²) in [5.74, 6) is 0. The molecule has 72 valence electrons. The molecule has 1 atom stereocenters.